The lowest BCUT2D eigenvalue weighted by atomic mass is 10.1. The summed E-state index contributed by atoms with van der Waals surface area (Å²) < 4.78 is 0. The van der Waals surface area contributed by atoms with Crippen LogP contribution in [-0.4, -0.2) is 0 Å². The van der Waals surface area contributed by atoms with E-state index in [0.29, 0.717) is 0 Å². The van der Waals surface area contributed by atoms with Gasteiger partial charge in [-0.1, -0.05) is 47.9 Å². The van der Waals surface area contributed by atoms with E-state index in [0.717, 1.165) is 11.4 Å². The van der Waals surface area contributed by atoms with E-state index >= 15 is 0 Å². The molecule has 0 aromatic heterocycles. The number of allylic oxidation sites excluding steroid dienone is 2. The standard InChI is InChI=1S/C15H19Cl/c1-5-12(4)15-9-8-14(16)10-13(15)7-6-11(2)3/h6-10H,5H2,1-4H3/b13-7-,15-12+. The Bertz CT molecular complexity index is 503. The Kier molecular flexibility index (Phi) is 4.82. The number of halogens is 1. The summed E-state index contributed by atoms with van der Waals surface area (Å²) in [5.41, 5.74) is 2.69. The molecule has 86 valence electrons. The second kappa shape index (κ2) is 5.91. The second-order valence-corrected chi connectivity index (χ2v) is 4.71. The van der Waals surface area contributed by atoms with Gasteiger partial charge >= 0.3 is 0 Å². The van der Waals surface area contributed by atoms with Gasteiger partial charge in [-0.05, 0) is 49.8 Å². The largest absolute Gasteiger partial charge is 0.0843 e. The first-order valence-corrected chi connectivity index (χ1v) is 6.03. The molecule has 0 radical (unpaired) electrons. The predicted octanol–water partition coefficient (Wildman–Crippen LogP) is 3.67. The first-order valence-electron chi connectivity index (χ1n) is 5.65. The van der Waals surface area contributed by atoms with Gasteiger partial charge in [0, 0.05) is 5.02 Å². The van der Waals surface area contributed by atoms with Crippen LogP contribution < -0.4 is 10.4 Å². The summed E-state index contributed by atoms with van der Waals surface area (Å²) in [4.78, 5) is 0. The van der Waals surface area contributed by atoms with Crippen molar-refractivity contribution in [2.24, 2.45) is 0 Å². The molecule has 0 saturated carbocycles. The maximum Gasteiger partial charge on any atom is 0.0412 e. The summed E-state index contributed by atoms with van der Waals surface area (Å²) in [6, 6.07) is 6.08. The van der Waals surface area contributed by atoms with E-state index in [2.05, 4.69) is 45.9 Å². The van der Waals surface area contributed by atoms with Crippen molar-refractivity contribution in [1.82, 2.24) is 0 Å². The van der Waals surface area contributed by atoms with Crippen LogP contribution in [0.3, 0.4) is 0 Å². The molecule has 0 spiro atoms. The lowest BCUT2D eigenvalue weighted by Gasteiger charge is -1.98. The van der Waals surface area contributed by atoms with E-state index in [-0.39, 0.29) is 0 Å². The van der Waals surface area contributed by atoms with Crippen molar-refractivity contribution in [2.75, 3.05) is 0 Å². The van der Waals surface area contributed by atoms with Crippen LogP contribution in [0, 0.1) is 0 Å². The molecule has 0 bridgehead atoms. The lowest BCUT2D eigenvalue weighted by Crippen LogP contribution is -2.25. The Balaban J connectivity index is 3.54. The molecule has 1 aromatic carbocycles. The molecule has 0 saturated heterocycles. The molecule has 1 rings (SSSR count). The minimum atomic E-state index is 0.793. The Labute approximate surface area is 103 Å². The van der Waals surface area contributed by atoms with Crippen molar-refractivity contribution < 1.29 is 0 Å². The van der Waals surface area contributed by atoms with Crippen LogP contribution in [-0.2, 0) is 0 Å². The quantitative estimate of drug-likeness (QED) is 0.733. The predicted molar refractivity (Wildman–Crippen MR) is 74.0 cm³/mol. The molecule has 0 fully saturated rings. The molecule has 0 N–H and O–H groups in total. The Hall–Kier alpha value is -1.01. The molecule has 16 heavy (non-hydrogen) atoms. The topological polar surface area (TPSA) is 0 Å². The van der Waals surface area contributed by atoms with Crippen molar-refractivity contribution in [3.05, 3.63) is 45.3 Å². The SMILES string of the molecule is CC/C(C)=c1\ccc(Cl)c\c1=C\C=C(C)C. The zero-order chi connectivity index (χ0) is 12.1. The highest BCUT2D eigenvalue weighted by Crippen LogP contribution is 2.02. The smallest absolute Gasteiger partial charge is 0.0412 e. The molecular weight excluding hydrogens is 216 g/mol. The fraction of sp³-hybridized carbons (Fsp3) is 0.333. The highest BCUT2D eigenvalue weighted by molar-refractivity contribution is 6.30. The summed E-state index contributed by atoms with van der Waals surface area (Å²) in [7, 11) is 0. The van der Waals surface area contributed by atoms with Gasteiger partial charge in [-0.25, -0.2) is 0 Å². The van der Waals surface area contributed by atoms with E-state index in [1.54, 1.807) is 0 Å². The fourth-order valence-corrected chi connectivity index (χ4v) is 1.69. The third-order valence-electron chi connectivity index (χ3n) is 2.60. The normalized spacial score (nSPS) is 13.7. The van der Waals surface area contributed by atoms with Crippen molar-refractivity contribution in [1.29, 1.82) is 0 Å². The summed E-state index contributed by atoms with van der Waals surface area (Å²) in [5.74, 6) is 0. The Morgan fingerprint density at radius 2 is 1.94 bits per heavy atom. The maximum atomic E-state index is 6.03. The number of hydrogen-bond acceptors (Lipinski definition) is 0. The van der Waals surface area contributed by atoms with Crippen molar-refractivity contribution in [3.63, 3.8) is 0 Å². The zero-order valence-corrected chi connectivity index (χ0v) is 11.2. The van der Waals surface area contributed by atoms with E-state index < -0.39 is 0 Å². The third-order valence-corrected chi connectivity index (χ3v) is 2.84. The molecule has 0 atom stereocenters. The first-order chi connectivity index (χ1) is 7.54. The first kappa shape index (κ1) is 13.1. The monoisotopic (exact) mass is 234 g/mol. The number of benzene rings is 1. The van der Waals surface area contributed by atoms with E-state index in [9.17, 15) is 0 Å². The molecule has 0 unspecified atom stereocenters. The summed E-state index contributed by atoms with van der Waals surface area (Å²) in [6.45, 7) is 8.53. The molecule has 0 nitrogen and oxygen atoms in total. The minimum Gasteiger partial charge on any atom is -0.0843 e. The molecule has 0 aliphatic carbocycles. The van der Waals surface area contributed by atoms with Crippen LogP contribution in [0.5, 0.6) is 0 Å². The molecule has 1 aromatic rings. The Morgan fingerprint density at radius 1 is 1.25 bits per heavy atom. The zero-order valence-electron chi connectivity index (χ0n) is 10.5. The third kappa shape index (κ3) is 3.53. The van der Waals surface area contributed by atoms with Crippen LogP contribution in [0.15, 0.2) is 29.8 Å². The van der Waals surface area contributed by atoms with Gasteiger partial charge in [-0.3, -0.25) is 0 Å². The summed E-state index contributed by atoms with van der Waals surface area (Å²) >= 11 is 6.03. The van der Waals surface area contributed by atoms with Crippen molar-refractivity contribution in [2.45, 2.75) is 34.1 Å². The molecular formula is C15H19Cl. The van der Waals surface area contributed by atoms with Gasteiger partial charge in [0.2, 0.25) is 0 Å². The summed E-state index contributed by atoms with van der Waals surface area (Å²) in [6.07, 6.45) is 5.32. The molecule has 0 aliphatic heterocycles. The number of rotatable bonds is 2. The highest BCUT2D eigenvalue weighted by Gasteiger charge is 1.92. The average Bonchev–Trinajstić information content (AvgIpc) is 2.25. The van der Waals surface area contributed by atoms with Gasteiger partial charge < -0.3 is 0 Å². The average molecular weight is 235 g/mol. The molecule has 0 heterocycles. The Morgan fingerprint density at radius 3 is 2.50 bits per heavy atom. The van der Waals surface area contributed by atoms with Gasteiger partial charge in [-0.2, -0.15) is 0 Å². The molecule has 1 heteroatoms. The van der Waals surface area contributed by atoms with Gasteiger partial charge in [-0.15, -0.1) is 0 Å². The summed E-state index contributed by atoms with van der Waals surface area (Å²) in [5, 5.41) is 3.29. The highest BCUT2D eigenvalue weighted by atomic mass is 35.5. The second-order valence-electron chi connectivity index (χ2n) is 4.28. The molecule has 0 amide bonds. The maximum absolute atomic E-state index is 6.03. The van der Waals surface area contributed by atoms with Gasteiger partial charge in [0.25, 0.3) is 0 Å². The lowest BCUT2D eigenvalue weighted by molar-refractivity contribution is 1.20. The van der Waals surface area contributed by atoms with E-state index in [1.165, 1.54) is 21.6 Å². The van der Waals surface area contributed by atoms with Gasteiger partial charge in [0.1, 0.15) is 0 Å². The number of hydrogen-bond donors (Lipinski definition) is 0. The van der Waals surface area contributed by atoms with Gasteiger partial charge in [0.05, 0.1) is 0 Å². The molecule has 0 aliphatic rings. The van der Waals surface area contributed by atoms with Crippen LogP contribution in [0.4, 0.5) is 0 Å². The van der Waals surface area contributed by atoms with Crippen LogP contribution in [0.25, 0.3) is 11.6 Å². The van der Waals surface area contributed by atoms with Gasteiger partial charge in [0.15, 0.2) is 0 Å². The van der Waals surface area contributed by atoms with Crippen molar-refractivity contribution in [3.8, 4) is 0 Å². The van der Waals surface area contributed by atoms with E-state index in [4.69, 9.17) is 11.6 Å². The van der Waals surface area contributed by atoms with Crippen LogP contribution in [0.1, 0.15) is 34.1 Å². The fourth-order valence-electron chi connectivity index (χ4n) is 1.51. The minimum absolute atomic E-state index is 0.793. The van der Waals surface area contributed by atoms with Crippen LogP contribution in [0.2, 0.25) is 5.02 Å². The van der Waals surface area contributed by atoms with Crippen LogP contribution >= 0.6 is 11.6 Å². The van der Waals surface area contributed by atoms with E-state index in [1.807, 2.05) is 12.1 Å². The van der Waals surface area contributed by atoms with Crippen molar-refractivity contribution >= 4 is 23.3 Å².